The van der Waals surface area contributed by atoms with Crippen LogP contribution in [0.3, 0.4) is 0 Å². The molecular formula is C19H27N3O4. The van der Waals surface area contributed by atoms with Gasteiger partial charge in [0.25, 0.3) is 0 Å². The molecular weight excluding hydrogens is 334 g/mol. The largest absolute Gasteiger partial charge is 0.490 e. The molecule has 1 aromatic rings. The van der Waals surface area contributed by atoms with E-state index in [-0.39, 0.29) is 36.9 Å². The van der Waals surface area contributed by atoms with Gasteiger partial charge in [-0.05, 0) is 23.6 Å². The third-order valence-electron chi connectivity index (χ3n) is 4.60. The Morgan fingerprint density at radius 1 is 1.27 bits per heavy atom. The van der Waals surface area contributed by atoms with Crippen LogP contribution in [0.2, 0.25) is 0 Å². The average Bonchev–Trinajstić information content (AvgIpc) is 2.84. The molecule has 1 aromatic carbocycles. The summed E-state index contributed by atoms with van der Waals surface area (Å²) >= 11 is 0. The van der Waals surface area contributed by atoms with Gasteiger partial charge >= 0.3 is 0 Å². The van der Waals surface area contributed by atoms with Crippen LogP contribution in [0.15, 0.2) is 18.2 Å². The number of rotatable bonds is 5. The fraction of sp³-hybridized carbons (Fsp3) is 0.579. The van der Waals surface area contributed by atoms with E-state index in [9.17, 15) is 9.59 Å². The first-order chi connectivity index (χ1) is 12.5. The van der Waals surface area contributed by atoms with Gasteiger partial charge in [0.05, 0.1) is 32.3 Å². The topological polar surface area (TPSA) is 79.9 Å². The van der Waals surface area contributed by atoms with Crippen LogP contribution in [-0.2, 0) is 9.59 Å². The minimum atomic E-state index is -0.127. The minimum Gasteiger partial charge on any atom is -0.490 e. The third kappa shape index (κ3) is 4.66. The zero-order valence-corrected chi connectivity index (χ0v) is 15.4. The lowest BCUT2D eigenvalue weighted by Crippen LogP contribution is -2.51. The van der Waals surface area contributed by atoms with Gasteiger partial charge in [-0.2, -0.15) is 0 Å². The molecule has 7 nitrogen and oxygen atoms in total. The van der Waals surface area contributed by atoms with E-state index in [1.807, 2.05) is 23.1 Å². The molecule has 2 heterocycles. The summed E-state index contributed by atoms with van der Waals surface area (Å²) in [5, 5.41) is 5.87. The number of benzene rings is 1. The monoisotopic (exact) mass is 361 g/mol. The molecule has 1 atom stereocenters. The van der Waals surface area contributed by atoms with Crippen molar-refractivity contribution in [3.63, 3.8) is 0 Å². The molecule has 1 fully saturated rings. The van der Waals surface area contributed by atoms with Gasteiger partial charge in [0.1, 0.15) is 0 Å². The van der Waals surface area contributed by atoms with Crippen molar-refractivity contribution in [2.24, 2.45) is 5.92 Å². The molecule has 7 heteroatoms. The number of fused-ring (bicyclic) bond motifs is 1. The summed E-state index contributed by atoms with van der Waals surface area (Å²) in [5.41, 5.74) is 0.994. The zero-order valence-electron chi connectivity index (χ0n) is 15.4. The number of nitrogens with zero attached hydrogens (tertiary/aromatic N) is 1. The lowest BCUT2D eigenvalue weighted by atomic mass is 9.95. The van der Waals surface area contributed by atoms with Gasteiger partial charge in [-0.3, -0.25) is 14.5 Å². The molecule has 0 radical (unpaired) electrons. The Morgan fingerprint density at radius 2 is 2.04 bits per heavy atom. The number of carbonyl (C=O) groups is 2. The Kier molecular flexibility index (Phi) is 5.98. The van der Waals surface area contributed by atoms with Crippen molar-refractivity contribution in [1.82, 2.24) is 15.5 Å². The van der Waals surface area contributed by atoms with Crippen LogP contribution in [-0.4, -0.2) is 56.1 Å². The van der Waals surface area contributed by atoms with Crippen LogP contribution >= 0.6 is 0 Å². The molecule has 0 unspecified atom stereocenters. The maximum absolute atomic E-state index is 12.5. The first-order valence-electron chi connectivity index (χ1n) is 9.21. The molecule has 0 aliphatic carbocycles. The number of ether oxygens (including phenoxy) is 2. The first-order valence-corrected chi connectivity index (χ1v) is 9.21. The maximum atomic E-state index is 12.5. The van der Waals surface area contributed by atoms with Crippen LogP contribution in [0, 0.1) is 5.92 Å². The highest BCUT2D eigenvalue weighted by Crippen LogP contribution is 2.34. The van der Waals surface area contributed by atoms with E-state index >= 15 is 0 Å². The van der Waals surface area contributed by atoms with Gasteiger partial charge in [-0.25, -0.2) is 0 Å². The molecule has 2 amide bonds. The minimum absolute atomic E-state index is 0.0349. The van der Waals surface area contributed by atoms with Gasteiger partial charge in [0.2, 0.25) is 11.8 Å². The van der Waals surface area contributed by atoms with Crippen molar-refractivity contribution in [3.8, 4) is 11.5 Å². The molecule has 2 aliphatic heterocycles. The Morgan fingerprint density at radius 3 is 2.77 bits per heavy atom. The number of nitrogens with one attached hydrogen (secondary N) is 2. The normalized spacial score (nSPS) is 18.8. The standard InChI is InChI=1S/C19H27N3O4/c1-13(2)19(21-18(24)12-22-7-6-20-17(23)11-22)14-4-5-15-16(10-14)26-9-3-8-25-15/h4-5,10,13,19H,3,6-9,11-12H2,1-2H3,(H,20,23)(H,21,24)/t19-/m1/s1. The second-order valence-electron chi connectivity index (χ2n) is 7.11. The molecule has 2 aliphatic rings. The summed E-state index contributed by atoms with van der Waals surface area (Å²) in [6.07, 6.45) is 0.859. The van der Waals surface area contributed by atoms with E-state index in [0.29, 0.717) is 26.3 Å². The lowest BCUT2D eigenvalue weighted by Gasteiger charge is -2.28. The molecule has 2 N–H and O–H groups in total. The molecule has 0 spiro atoms. The van der Waals surface area contributed by atoms with E-state index in [2.05, 4.69) is 24.5 Å². The van der Waals surface area contributed by atoms with Crippen molar-refractivity contribution in [2.75, 3.05) is 39.4 Å². The van der Waals surface area contributed by atoms with Gasteiger partial charge in [-0.15, -0.1) is 0 Å². The van der Waals surface area contributed by atoms with Gasteiger partial charge in [0, 0.05) is 19.5 Å². The van der Waals surface area contributed by atoms with E-state index in [4.69, 9.17) is 9.47 Å². The Balaban J connectivity index is 1.68. The zero-order chi connectivity index (χ0) is 18.5. The average molecular weight is 361 g/mol. The number of piperazine rings is 1. The van der Waals surface area contributed by atoms with Crippen LogP contribution in [0.25, 0.3) is 0 Å². The molecule has 1 saturated heterocycles. The highest BCUT2D eigenvalue weighted by molar-refractivity contribution is 5.82. The summed E-state index contributed by atoms with van der Waals surface area (Å²) in [6, 6.07) is 5.72. The first kappa shape index (κ1) is 18.5. The van der Waals surface area contributed by atoms with Crippen molar-refractivity contribution < 1.29 is 19.1 Å². The van der Waals surface area contributed by atoms with Crippen molar-refractivity contribution in [3.05, 3.63) is 23.8 Å². The Labute approximate surface area is 154 Å². The predicted molar refractivity (Wildman–Crippen MR) is 97.2 cm³/mol. The quantitative estimate of drug-likeness (QED) is 0.821. The van der Waals surface area contributed by atoms with Crippen molar-refractivity contribution in [2.45, 2.75) is 26.3 Å². The van der Waals surface area contributed by atoms with Crippen LogP contribution in [0.4, 0.5) is 0 Å². The lowest BCUT2D eigenvalue weighted by molar-refractivity contribution is -0.127. The SMILES string of the molecule is CC(C)[C@@H](NC(=O)CN1CCNC(=O)C1)c1ccc2c(c1)OCCCO2. The summed E-state index contributed by atoms with van der Waals surface area (Å²) in [6.45, 7) is 7.19. The predicted octanol–water partition coefficient (Wildman–Crippen LogP) is 1.09. The summed E-state index contributed by atoms with van der Waals surface area (Å²) in [4.78, 5) is 25.8. The number of carbonyl (C=O) groups excluding carboxylic acids is 2. The maximum Gasteiger partial charge on any atom is 0.234 e. The van der Waals surface area contributed by atoms with Gasteiger partial charge in [-0.1, -0.05) is 19.9 Å². The summed E-state index contributed by atoms with van der Waals surface area (Å²) < 4.78 is 11.4. The van der Waals surface area contributed by atoms with E-state index in [1.54, 1.807) is 0 Å². The van der Waals surface area contributed by atoms with Gasteiger partial charge in [0.15, 0.2) is 11.5 Å². The fourth-order valence-corrected chi connectivity index (χ4v) is 3.26. The molecule has 26 heavy (non-hydrogen) atoms. The number of hydrogen-bond donors (Lipinski definition) is 2. The van der Waals surface area contributed by atoms with E-state index in [1.165, 1.54) is 0 Å². The van der Waals surface area contributed by atoms with Crippen LogP contribution < -0.4 is 20.1 Å². The molecule has 142 valence electrons. The van der Waals surface area contributed by atoms with E-state index in [0.717, 1.165) is 23.5 Å². The van der Waals surface area contributed by atoms with Crippen LogP contribution in [0.1, 0.15) is 31.9 Å². The number of hydrogen-bond acceptors (Lipinski definition) is 5. The smallest absolute Gasteiger partial charge is 0.234 e. The molecule has 3 rings (SSSR count). The Bertz CT molecular complexity index is 662. The summed E-state index contributed by atoms with van der Waals surface area (Å²) in [7, 11) is 0. The van der Waals surface area contributed by atoms with Crippen molar-refractivity contribution >= 4 is 11.8 Å². The van der Waals surface area contributed by atoms with Crippen molar-refractivity contribution in [1.29, 1.82) is 0 Å². The molecule has 0 saturated carbocycles. The third-order valence-corrected chi connectivity index (χ3v) is 4.60. The summed E-state index contributed by atoms with van der Waals surface area (Å²) in [5.74, 6) is 1.58. The number of amides is 2. The van der Waals surface area contributed by atoms with E-state index < -0.39 is 0 Å². The highest BCUT2D eigenvalue weighted by Gasteiger charge is 2.23. The van der Waals surface area contributed by atoms with Crippen LogP contribution in [0.5, 0.6) is 11.5 Å². The molecule has 0 aromatic heterocycles. The second kappa shape index (κ2) is 8.40. The highest BCUT2D eigenvalue weighted by atomic mass is 16.5. The van der Waals surface area contributed by atoms with Gasteiger partial charge < -0.3 is 20.1 Å². The Hall–Kier alpha value is -2.28. The fourth-order valence-electron chi connectivity index (χ4n) is 3.26. The second-order valence-corrected chi connectivity index (χ2v) is 7.11. The molecule has 0 bridgehead atoms.